The molecular formula is C9H19NO2S2. The van der Waals surface area contributed by atoms with Crippen molar-refractivity contribution in [2.75, 3.05) is 19.1 Å². The zero-order valence-electron chi connectivity index (χ0n) is 9.06. The zero-order chi connectivity index (χ0) is 10.8. The molecule has 5 heteroatoms. The summed E-state index contributed by atoms with van der Waals surface area (Å²) in [4.78, 5) is 0. The third-order valence-corrected chi connectivity index (χ3v) is 5.37. The lowest BCUT2D eigenvalue weighted by molar-refractivity contribution is 0.376. The van der Waals surface area contributed by atoms with Gasteiger partial charge in [0.15, 0.2) is 0 Å². The monoisotopic (exact) mass is 237 g/mol. The van der Waals surface area contributed by atoms with Crippen LogP contribution >= 0.6 is 11.8 Å². The zero-order valence-corrected chi connectivity index (χ0v) is 10.7. The maximum Gasteiger partial charge on any atom is 0.211 e. The summed E-state index contributed by atoms with van der Waals surface area (Å²) in [6, 6.07) is 0.231. The molecule has 0 aromatic carbocycles. The first-order valence-corrected chi connectivity index (χ1v) is 7.89. The van der Waals surface area contributed by atoms with E-state index in [0.29, 0.717) is 5.25 Å². The Morgan fingerprint density at radius 3 is 2.57 bits per heavy atom. The van der Waals surface area contributed by atoms with E-state index in [-0.39, 0.29) is 6.04 Å². The van der Waals surface area contributed by atoms with Crippen molar-refractivity contribution < 1.29 is 8.42 Å². The molecule has 0 spiro atoms. The molecule has 1 fully saturated rings. The normalized spacial score (nSPS) is 28.6. The first kappa shape index (κ1) is 12.3. The number of sulfonamides is 1. The molecule has 1 aliphatic carbocycles. The van der Waals surface area contributed by atoms with E-state index >= 15 is 0 Å². The lowest BCUT2D eigenvalue weighted by Crippen LogP contribution is -2.34. The topological polar surface area (TPSA) is 37.4 Å². The molecule has 0 radical (unpaired) electrons. The van der Waals surface area contributed by atoms with Gasteiger partial charge in [-0.15, -0.1) is 0 Å². The highest BCUT2D eigenvalue weighted by Gasteiger charge is 2.31. The summed E-state index contributed by atoms with van der Waals surface area (Å²) in [6.07, 6.45) is 4.47. The van der Waals surface area contributed by atoms with Crippen LogP contribution < -0.4 is 0 Å². The molecule has 0 heterocycles. The van der Waals surface area contributed by atoms with Crippen molar-refractivity contribution in [1.82, 2.24) is 4.31 Å². The predicted octanol–water partition coefficient (Wildman–Crippen LogP) is 1.55. The minimum atomic E-state index is -3.00. The highest BCUT2D eigenvalue weighted by molar-refractivity contribution is 7.99. The van der Waals surface area contributed by atoms with Gasteiger partial charge in [0.2, 0.25) is 10.0 Å². The summed E-state index contributed by atoms with van der Waals surface area (Å²) < 4.78 is 24.1. The molecular weight excluding hydrogens is 218 g/mol. The Bertz CT molecular complexity index is 277. The van der Waals surface area contributed by atoms with Crippen LogP contribution in [-0.4, -0.2) is 43.1 Å². The van der Waals surface area contributed by atoms with E-state index in [0.717, 1.165) is 25.0 Å². The van der Waals surface area contributed by atoms with E-state index in [2.05, 4.69) is 6.92 Å². The van der Waals surface area contributed by atoms with Gasteiger partial charge in [0.25, 0.3) is 0 Å². The second kappa shape index (κ2) is 4.86. The van der Waals surface area contributed by atoms with Crippen LogP contribution in [0.25, 0.3) is 0 Å². The van der Waals surface area contributed by atoms with Gasteiger partial charge in [-0.2, -0.15) is 11.8 Å². The fraction of sp³-hybridized carbons (Fsp3) is 1.00. The first-order chi connectivity index (χ1) is 6.45. The van der Waals surface area contributed by atoms with Crippen LogP contribution in [0.4, 0.5) is 0 Å². The van der Waals surface area contributed by atoms with Crippen LogP contribution in [0, 0.1) is 0 Å². The number of thioether (sulfide) groups is 1. The standard InChI is InChI=1S/C9H19NO2S2/c1-4-13-9-6-5-8(7-9)10(2)14(3,11)12/h8-9H,4-7H2,1-3H3. The molecule has 1 rings (SSSR count). The fourth-order valence-corrected chi connectivity index (χ4v) is 3.77. The van der Waals surface area contributed by atoms with Crippen molar-refractivity contribution in [3.05, 3.63) is 0 Å². The largest absolute Gasteiger partial charge is 0.213 e. The van der Waals surface area contributed by atoms with Crippen LogP contribution in [0.5, 0.6) is 0 Å². The average Bonchev–Trinajstić information content (AvgIpc) is 2.50. The molecule has 0 aliphatic heterocycles. The minimum Gasteiger partial charge on any atom is -0.213 e. The van der Waals surface area contributed by atoms with E-state index in [1.165, 1.54) is 10.6 Å². The van der Waals surface area contributed by atoms with Crippen LogP contribution in [-0.2, 0) is 10.0 Å². The number of rotatable bonds is 4. The molecule has 0 saturated heterocycles. The van der Waals surface area contributed by atoms with Crippen molar-refractivity contribution in [1.29, 1.82) is 0 Å². The van der Waals surface area contributed by atoms with Crippen molar-refractivity contribution >= 4 is 21.8 Å². The summed E-state index contributed by atoms with van der Waals surface area (Å²) in [6.45, 7) is 2.15. The van der Waals surface area contributed by atoms with Crippen molar-refractivity contribution in [3.63, 3.8) is 0 Å². The van der Waals surface area contributed by atoms with Crippen LogP contribution in [0.3, 0.4) is 0 Å². The Balaban J connectivity index is 2.50. The third-order valence-electron chi connectivity index (χ3n) is 2.80. The van der Waals surface area contributed by atoms with E-state index in [1.807, 2.05) is 11.8 Å². The lowest BCUT2D eigenvalue weighted by Gasteiger charge is -2.21. The Morgan fingerprint density at radius 2 is 2.07 bits per heavy atom. The van der Waals surface area contributed by atoms with Gasteiger partial charge in [0.1, 0.15) is 0 Å². The Labute approximate surface area is 91.3 Å². The van der Waals surface area contributed by atoms with Gasteiger partial charge in [-0.25, -0.2) is 12.7 Å². The molecule has 1 aliphatic rings. The molecule has 0 amide bonds. The Hall–Kier alpha value is 0.260. The molecule has 0 aromatic rings. The second-order valence-electron chi connectivity index (χ2n) is 3.82. The highest BCUT2D eigenvalue weighted by atomic mass is 32.2. The maximum atomic E-state index is 11.3. The lowest BCUT2D eigenvalue weighted by atomic mass is 10.3. The van der Waals surface area contributed by atoms with Gasteiger partial charge < -0.3 is 0 Å². The molecule has 14 heavy (non-hydrogen) atoms. The SMILES string of the molecule is CCSC1CCC(N(C)S(C)(=O)=O)C1. The van der Waals surface area contributed by atoms with Gasteiger partial charge in [-0.3, -0.25) is 0 Å². The number of hydrogen-bond donors (Lipinski definition) is 0. The van der Waals surface area contributed by atoms with Gasteiger partial charge in [-0.1, -0.05) is 6.92 Å². The predicted molar refractivity (Wildman–Crippen MR) is 62.2 cm³/mol. The molecule has 2 atom stereocenters. The third kappa shape index (κ3) is 3.14. The van der Waals surface area contributed by atoms with Crippen molar-refractivity contribution in [2.45, 2.75) is 37.5 Å². The van der Waals surface area contributed by atoms with Crippen LogP contribution in [0.2, 0.25) is 0 Å². The van der Waals surface area contributed by atoms with Gasteiger partial charge in [0.05, 0.1) is 6.26 Å². The van der Waals surface area contributed by atoms with Gasteiger partial charge in [0, 0.05) is 18.3 Å². The molecule has 0 aromatic heterocycles. The second-order valence-corrected chi connectivity index (χ2v) is 7.44. The summed E-state index contributed by atoms with van der Waals surface area (Å²) in [5.74, 6) is 1.12. The summed E-state index contributed by atoms with van der Waals surface area (Å²) in [7, 11) is -1.31. The minimum absolute atomic E-state index is 0.231. The molecule has 2 unspecified atom stereocenters. The molecule has 1 saturated carbocycles. The summed E-state index contributed by atoms with van der Waals surface area (Å²) in [5.41, 5.74) is 0. The Morgan fingerprint density at radius 1 is 1.43 bits per heavy atom. The molecule has 3 nitrogen and oxygen atoms in total. The van der Waals surface area contributed by atoms with E-state index < -0.39 is 10.0 Å². The van der Waals surface area contributed by atoms with Crippen LogP contribution in [0.15, 0.2) is 0 Å². The van der Waals surface area contributed by atoms with Crippen molar-refractivity contribution in [3.8, 4) is 0 Å². The number of nitrogens with zero attached hydrogens (tertiary/aromatic N) is 1. The first-order valence-electron chi connectivity index (χ1n) is 4.99. The maximum absolute atomic E-state index is 11.3. The van der Waals surface area contributed by atoms with Gasteiger partial charge in [-0.05, 0) is 25.0 Å². The molecule has 84 valence electrons. The van der Waals surface area contributed by atoms with Crippen molar-refractivity contribution in [2.24, 2.45) is 0 Å². The van der Waals surface area contributed by atoms with E-state index in [9.17, 15) is 8.42 Å². The quantitative estimate of drug-likeness (QED) is 0.744. The smallest absolute Gasteiger partial charge is 0.211 e. The van der Waals surface area contributed by atoms with Gasteiger partial charge >= 0.3 is 0 Å². The highest BCUT2D eigenvalue weighted by Crippen LogP contribution is 2.32. The summed E-state index contributed by atoms with van der Waals surface area (Å²) in [5, 5.41) is 0.661. The fourth-order valence-electron chi connectivity index (χ4n) is 1.91. The van der Waals surface area contributed by atoms with E-state index in [4.69, 9.17) is 0 Å². The Kier molecular flexibility index (Phi) is 4.28. The van der Waals surface area contributed by atoms with Crippen LogP contribution in [0.1, 0.15) is 26.2 Å². The molecule has 0 N–H and O–H groups in total. The summed E-state index contributed by atoms with van der Waals surface area (Å²) >= 11 is 1.95. The average molecular weight is 237 g/mol. The van der Waals surface area contributed by atoms with E-state index in [1.54, 1.807) is 7.05 Å². The number of hydrogen-bond acceptors (Lipinski definition) is 3. The molecule has 0 bridgehead atoms.